The number of nitrogens with one attached hydrogen (secondary N) is 2. The van der Waals surface area contributed by atoms with Crippen molar-refractivity contribution in [3.8, 4) is 11.3 Å². The zero-order valence-electron chi connectivity index (χ0n) is 18.4. The van der Waals surface area contributed by atoms with E-state index in [4.69, 9.17) is 14.5 Å². The van der Waals surface area contributed by atoms with Gasteiger partial charge < -0.3 is 20.1 Å². The van der Waals surface area contributed by atoms with E-state index in [0.717, 1.165) is 47.1 Å². The van der Waals surface area contributed by atoms with E-state index in [1.165, 1.54) is 6.92 Å². The highest BCUT2D eigenvalue weighted by Crippen LogP contribution is 2.31. The molecule has 0 aromatic carbocycles. The van der Waals surface area contributed by atoms with Crippen molar-refractivity contribution in [2.45, 2.75) is 32.8 Å². The molecule has 166 valence electrons. The van der Waals surface area contributed by atoms with Gasteiger partial charge in [0.2, 0.25) is 5.91 Å². The summed E-state index contributed by atoms with van der Waals surface area (Å²) in [5, 5.41) is 6.11. The summed E-state index contributed by atoms with van der Waals surface area (Å²) >= 11 is 0. The average molecular weight is 435 g/mol. The second-order valence-electron chi connectivity index (χ2n) is 7.72. The lowest BCUT2D eigenvalue weighted by Gasteiger charge is -2.15. The first kappa shape index (κ1) is 21.8. The Hall–Kier alpha value is -3.43. The molecule has 1 fully saturated rings. The molecule has 1 aliphatic rings. The van der Waals surface area contributed by atoms with Crippen LogP contribution in [0.5, 0.6) is 0 Å². The molecule has 4 rings (SSSR count). The molecule has 1 aliphatic heterocycles. The van der Waals surface area contributed by atoms with E-state index in [2.05, 4.69) is 25.6 Å². The van der Waals surface area contributed by atoms with Crippen molar-refractivity contribution < 1.29 is 14.3 Å². The largest absolute Gasteiger partial charge is 0.381 e. The van der Waals surface area contributed by atoms with Gasteiger partial charge in [0.05, 0.1) is 24.6 Å². The molecule has 1 saturated heterocycles. The van der Waals surface area contributed by atoms with Crippen molar-refractivity contribution in [3.63, 3.8) is 0 Å². The number of carbonyl (C=O) groups excluding carboxylic acids is 1. The Morgan fingerprint density at radius 2 is 2.06 bits per heavy atom. The Morgan fingerprint density at radius 3 is 2.75 bits per heavy atom. The van der Waals surface area contributed by atoms with Gasteiger partial charge in [0.25, 0.3) is 0 Å². The first-order valence-electron chi connectivity index (χ1n) is 10.4. The quantitative estimate of drug-likeness (QED) is 0.580. The van der Waals surface area contributed by atoms with Gasteiger partial charge in [-0.3, -0.25) is 9.78 Å². The number of amides is 1. The first-order valence-corrected chi connectivity index (χ1v) is 10.4. The van der Waals surface area contributed by atoms with Gasteiger partial charge in [0, 0.05) is 62.3 Å². The highest BCUT2D eigenvalue weighted by Gasteiger charge is 2.21. The summed E-state index contributed by atoms with van der Waals surface area (Å²) in [6.45, 7) is 5.24. The van der Waals surface area contributed by atoms with Crippen LogP contribution in [0.4, 0.5) is 17.3 Å². The lowest BCUT2D eigenvalue weighted by atomic mass is 10.1. The van der Waals surface area contributed by atoms with Gasteiger partial charge >= 0.3 is 0 Å². The minimum absolute atomic E-state index is 0.192. The molecule has 2 N–H and O–H groups in total. The zero-order chi connectivity index (χ0) is 22.5. The van der Waals surface area contributed by atoms with Crippen molar-refractivity contribution in [1.29, 1.82) is 0 Å². The van der Waals surface area contributed by atoms with Crippen LogP contribution in [0.3, 0.4) is 0 Å². The van der Waals surface area contributed by atoms with E-state index in [1.807, 2.05) is 25.1 Å². The Bertz CT molecular complexity index is 1100. The molecule has 4 heterocycles. The van der Waals surface area contributed by atoms with E-state index < -0.39 is 0 Å². The van der Waals surface area contributed by atoms with E-state index in [1.54, 1.807) is 25.6 Å². The third-order valence-corrected chi connectivity index (χ3v) is 5.05. The third-order valence-electron chi connectivity index (χ3n) is 5.05. The van der Waals surface area contributed by atoms with Crippen LogP contribution in [0, 0.1) is 6.92 Å². The maximum absolute atomic E-state index is 11.5. The molecule has 0 radical (unpaired) electrons. The fourth-order valence-electron chi connectivity index (χ4n) is 3.56. The average Bonchev–Trinajstić information content (AvgIpc) is 3.29. The minimum Gasteiger partial charge on any atom is -0.381 e. The normalized spacial score (nSPS) is 15.5. The SMILES string of the molecule is COCc1ccc(-c2cnc(NC(C)=O)cc2Nc2cc(C)nc(C3CCOC3)n2)nc1. The lowest BCUT2D eigenvalue weighted by Crippen LogP contribution is -2.10. The molecule has 9 nitrogen and oxygen atoms in total. The fourth-order valence-corrected chi connectivity index (χ4v) is 3.56. The van der Waals surface area contributed by atoms with Crippen molar-refractivity contribution in [2.75, 3.05) is 31.0 Å². The maximum Gasteiger partial charge on any atom is 0.222 e. The molecule has 0 spiro atoms. The second-order valence-corrected chi connectivity index (χ2v) is 7.72. The fraction of sp³-hybridized carbons (Fsp3) is 0.348. The smallest absolute Gasteiger partial charge is 0.222 e. The Morgan fingerprint density at radius 1 is 1.19 bits per heavy atom. The molecule has 1 amide bonds. The molecule has 3 aromatic rings. The number of aryl methyl sites for hydroxylation is 1. The van der Waals surface area contributed by atoms with Gasteiger partial charge in [-0.15, -0.1) is 0 Å². The van der Waals surface area contributed by atoms with Crippen molar-refractivity contribution in [3.05, 3.63) is 53.7 Å². The maximum atomic E-state index is 11.5. The molecule has 32 heavy (non-hydrogen) atoms. The molecule has 0 aliphatic carbocycles. The molecule has 1 atom stereocenters. The van der Waals surface area contributed by atoms with E-state index in [-0.39, 0.29) is 11.8 Å². The van der Waals surface area contributed by atoms with Gasteiger partial charge in [0.1, 0.15) is 17.5 Å². The van der Waals surface area contributed by atoms with Crippen LogP contribution in [0.25, 0.3) is 11.3 Å². The first-order chi connectivity index (χ1) is 15.5. The predicted molar refractivity (Wildman–Crippen MR) is 121 cm³/mol. The molecule has 9 heteroatoms. The third kappa shape index (κ3) is 5.24. The van der Waals surface area contributed by atoms with Crippen molar-refractivity contribution in [2.24, 2.45) is 0 Å². The highest BCUT2D eigenvalue weighted by atomic mass is 16.5. The van der Waals surface area contributed by atoms with Crippen LogP contribution in [-0.4, -0.2) is 46.2 Å². The summed E-state index contributed by atoms with van der Waals surface area (Å²) in [6, 6.07) is 7.54. The number of ether oxygens (including phenoxy) is 2. The topological polar surface area (TPSA) is 111 Å². The number of hydrogen-bond acceptors (Lipinski definition) is 8. The van der Waals surface area contributed by atoms with Gasteiger partial charge in [-0.05, 0) is 25.0 Å². The number of methoxy groups -OCH3 is 1. The standard InChI is InChI=1S/C23H26N6O3/c1-14-8-22(29-23(26-14)17-6-7-32-13-17)28-20-9-21(27-15(2)30)25-11-18(20)19-5-4-16(10-24-19)12-31-3/h4-5,8-11,17H,6-7,12-13H2,1-3H3,(H2,25,26,27,28,29,30). The second kappa shape index (κ2) is 9.80. The Labute approximate surface area is 186 Å². The number of aromatic nitrogens is 4. The summed E-state index contributed by atoms with van der Waals surface area (Å²) in [7, 11) is 1.65. The van der Waals surface area contributed by atoms with Crippen LogP contribution in [0.1, 0.15) is 36.3 Å². The number of carbonyl (C=O) groups is 1. The molecular formula is C23H26N6O3. The van der Waals surface area contributed by atoms with Crippen molar-refractivity contribution in [1.82, 2.24) is 19.9 Å². The summed E-state index contributed by atoms with van der Waals surface area (Å²) in [6.07, 6.45) is 4.37. The van der Waals surface area contributed by atoms with Gasteiger partial charge in [-0.1, -0.05) is 6.07 Å². The van der Waals surface area contributed by atoms with Crippen LogP contribution < -0.4 is 10.6 Å². The number of rotatable bonds is 7. The molecule has 1 unspecified atom stereocenters. The van der Waals surface area contributed by atoms with Crippen LogP contribution >= 0.6 is 0 Å². The Balaban J connectivity index is 1.70. The predicted octanol–water partition coefficient (Wildman–Crippen LogP) is 3.59. The van der Waals surface area contributed by atoms with Gasteiger partial charge in [0.15, 0.2) is 0 Å². The molecule has 0 saturated carbocycles. The minimum atomic E-state index is -0.195. The molecule has 3 aromatic heterocycles. The van der Waals surface area contributed by atoms with Crippen molar-refractivity contribution >= 4 is 23.2 Å². The monoisotopic (exact) mass is 434 g/mol. The van der Waals surface area contributed by atoms with Crippen LogP contribution in [-0.2, 0) is 20.9 Å². The zero-order valence-corrected chi connectivity index (χ0v) is 18.4. The Kier molecular flexibility index (Phi) is 6.67. The number of anilines is 3. The van der Waals surface area contributed by atoms with E-state index in [0.29, 0.717) is 24.8 Å². The van der Waals surface area contributed by atoms with Gasteiger partial charge in [-0.2, -0.15) is 0 Å². The molecule has 0 bridgehead atoms. The lowest BCUT2D eigenvalue weighted by molar-refractivity contribution is -0.114. The number of hydrogen-bond donors (Lipinski definition) is 2. The van der Waals surface area contributed by atoms with Gasteiger partial charge in [-0.25, -0.2) is 15.0 Å². The summed E-state index contributed by atoms with van der Waals surface area (Å²) < 4.78 is 10.7. The van der Waals surface area contributed by atoms with E-state index in [9.17, 15) is 4.79 Å². The number of pyridine rings is 2. The highest BCUT2D eigenvalue weighted by molar-refractivity contribution is 5.89. The summed E-state index contributed by atoms with van der Waals surface area (Å²) in [4.78, 5) is 29.8. The van der Waals surface area contributed by atoms with Crippen LogP contribution in [0.15, 0.2) is 36.7 Å². The molecular weight excluding hydrogens is 408 g/mol. The summed E-state index contributed by atoms with van der Waals surface area (Å²) in [5.41, 5.74) is 4.09. The summed E-state index contributed by atoms with van der Waals surface area (Å²) in [5.74, 6) is 1.87. The number of nitrogens with zero attached hydrogens (tertiary/aromatic N) is 4. The van der Waals surface area contributed by atoms with E-state index >= 15 is 0 Å². The van der Waals surface area contributed by atoms with Crippen LogP contribution in [0.2, 0.25) is 0 Å².